The van der Waals surface area contributed by atoms with Crippen molar-refractivity contribution >= 4 is 50.9 Å². The summed E-state index contributed by atoms with van der Waals surface area (Å²) in [4.78, 5) is 25.7. The molecule has 8 nitrogen and oxygen atoms in total. The van der Waals surface area contributed by atoms with Crippen molar-refractivity contribution in [3.05, 3.63) is 33.5 Å². The third-order valence-electron chi connectivity index (χ3n) is 4.59. The highest BCUT2D eigenvalue weighted by molar-refractivity contribution is 9.10. The van der Waals surface area contributed by atoms with Crippen LogP contribution in [0, 0.1) is 0 Å². The third kappa shape index (κ3) is 4.19. The van der Waals surface area contributed by atoms with E-state index in [1.165, 1.54) is 11.2 Å². The quantitative estimate of drug-likeness (QED) is 0.565. The average Bonchev–Trinajstić information content (AvgIpc) is 2.84. The maximum absolute atomic E-state index is 13.3. The number of carbonyl (C=O) groups excluding carboxylic acids is 1. The molecule has 0 atom stereocenters. The summed E-state index contributed by atoms with van der Waals surface area (Å²) in [5.74, 6) is 1.50. The van der Waals surface area contributed by atoms with Gasteiger partial charge in [-0.2, -0.15) is 0 Å². The summed E-state index contributed by atoms with van der Waals surface area (Å²) in [6.45, 7) is 8.19. The monoisotopic (exact) mass is 496 g/mol. The van der Waals surface area contributed by atoms with E-state index in [0.717, 1.165) is 0 Å². The molecule has 1 fully saturated rings. The first-order chi connectivity index (χ1) is 14.2. The van der Waals surface area contributed by atoms with E-state index in [0.29, 0.717) is 64.4 Å². The lowest BCUT2D eigenvalue weighted by Gasteiger charge is -2.31. The van der Waals surface area contributed by atoms with Crippen molar-refractivity contribution in [2.45, 2.75) is 33.0 Å². The molecule has 1 amide bonds. The number of aromatic nitrogens is 2. The molecule has 1 aromatic carbocycles. The number of carbonyl (C=O) groups is 1. The van der Waals surface area contributed by atoms with Crippen LogP contribution in [-0.4, -0.2) is 48.0 Å². The Kier molecular flexibility index (Phi) is 5.78. The van der Waals surface area contributed by atoms with Crippen molar-refractivity contribution in [3.63, 3.8) is 0 Å². The first-order valence-electron chi connectivity index (χ1n) is 9.56. The molecule has 0 saturated carbocycles. The number of rotatable bonds is 1. The van der Waals surface area contributed by atoms with E-state index >= 15 is 0 Å². The van der Waals surface area contributed by atoms with Crippen LogP contribution in [0.1, 0.15) is 26.3 Å². The normalized spacial score (nSPS) is 16.3. The topological polar surface area (TPSA) is 77.0 Å². The zero-order valence-electron chi connectivity index (χ0n) is 16.9. The van der Waals surface area contributed by atoms with Crippen LogP contribution in [0.25, 0.3) is 0 Å². The van der Waals surface area contributed by atoms with Gasteiger partial charge in [0.15, 0.2) is 11.6 Å². The van der Waals surface area contributed by atoms with Crippen molar-refractivity contribution in [3.8, 4) is 5.75 Å². The maximum atomic E-state index is 13.3. The molecule has 3 heterocycles. The van der Waals surface area contributed by atoms with Gasteiger partial charge in [-0.3, -0.25) is 0 Å². The summed E-state index contributed by atoms with van der Waals surface area (Å²) in [5, 5.41) is 0.377. The Morgan fingerprint density at radius 3 is 2.60 bits per heavy atom. The molecular formula is C20H22BrClN4O4. The number of halogens is 2. The van der Waals surface area contributed by atoms with Gasteiger partial charge in [-0.15, -0.1) is 0 Å². The van der Waals surface area contributed by atoms with Crippen LogP contribution < -0.4 is 14.5 Å². The van der Waals surface area contributed by atoms with Gasteiger partial charge in [-0.1, -0.05) is 27.5 Å². The molecule has 0 unspecified atom stereocenters. The molecular weight excluding hydrogens is 476 g/mol. The second kappa shape index (κ2) is 8.20. The summed E-state index contributed by atoms with van der Waals surface area (Å²) in [7, 11) is 0. The van der Waals surface area contributed by atoms with Crippen LogP contribution >= 0.6 is 27.5 Å². The van der Waals surface area contributed by atoms with E-state index in [1.54, 1.807) is 12.1 Å². The highest BCUT2D eigenvalue weighted by atomic mass is 79.9. The van der Waals surface area contributed by atoms with Crippen LogP contribution in [0.5, 0.6) is 5.75 Å². The minimum absolute atomic E-state index is 0.163. The van der Waals surface area contributed by atoms with Crippen LogP contribution in [0.3, 0.4) is 0 Å². The summed E-state index contributed by atoms with van der Waals surface area (Å²) >= 11 is 9.91. The van der Waals surface area contributed by atoms with Crippen molar-refractivity contribution in [2.24, 2.45) is 0 Å². The van der Waals surface area contributed by atoms with Crippen molar-refractivity contribution in [1.29, 1.82) is 0 Å². The number of nitrogens with zero attached hydrogens (tertiary/aromatic N) is 4. The zero-order chi connectivity index (χ0) is 21.5. The molecule has 0 bridgehead atoms. The van der Waals surface area contributed by atoms with Gasteiger partial charge >= 0.3 is 6.09 Å². The molecule has 160 valence electrons. The molecule has 10 heteroatoms. The Morgan fingerprint density at radius 1 is 1.20 bits per heavy atom. The summed E-state index contributed by atoms with van der Waals surface area (Å²) in [6, 6.07) is 3.48. The van der Waals surface area contributed by atoms with Gasteiger partial charge < -0.3 is 19.1 Å². The van der Waals surface area contributed by atoms with Gasteiger partial charge in [0.05, 0.1) is 29.5 Å². The molecule has 2 aliphatic heterocycles. The molecule has 2 aliphatic rings. The van der Waals surface area contributed by atoms with Crippen LogP contribution in [0.2, 0.25) is 5.02 Å². The zero-order valence-corrected chi connectivity index (χ0v) is 19.3. The largest absolute Gasteiger partial charge is 0.485 e. The van der Waals surface area contributed by atoms with Gasteiger partial charge in [0.1, 0.15) is 24.4 Å². The van der Waals surface area contributed by atoms with E-state index in [2.05, 4.69) is 30.8 Å². The minimum Gasteiger partial charge on any atom is -0.485 e. The predicted octanol–water partition coefficient (Wildman–Crippen LogP) is 4.69. The van der Waals surface area contributed by atoms with Gasteiger partial charge in [-0.25, -0.2) is 19.7 Å². The van der Waals surface area contributed by atoms with E-state index in [9.17, 15) is 4.79 Å². The Bertz CT molecular complexity index is 976. The van der Waals surface area contributed by atoms with Crippen molar-refractivity contribution < 1.29 is 19.0 Å². The van der Waals surface area contributed by atoms with Crippen LogP contribution in [-0.2, 0) is 16.1 Å². The molecule has 0 N–H and O–H groups in total. The second-order valence-electron chi connectivity index (χ2n) is 7.94. The lowest BCUT2D eigenvalue weighted by atomic mass is 10.2. The van der Waals surface area contributed by atoms with Gasteiger partial charge in [0.25, 0.3) is 0 Å². The van der Waals surface area contributed by atoms with Crippen molar-refractivity contribution in [2.75, 3.05) is 36.1 Å². The van der Waals surface area contributed by atoms with Crippen molar-refractivity contribution in [1.82, 2.24) is 9.97 Å². The fraction of sp³-hybridized carbons (Fsp3) is 0.450. The fourth-order valence-corrected chi connectivity index (χ4v) is 4.22. The fourth-order valence-electron chi connectivity index (χ4n) is 3.37. The Hall–Kier alpha value is -2.10. The molecule has 0 aliphatic carbocycles. The van der Waals surface area contributed by atoms with Gasteiger partial charge in [-0.05, 0) is 32.9 Å². The molecule has 2 aromatic rings. The average molecular weight is 498 g/mol. The van der Waals surface area contributed by atoms with Crippen LogP contribution in [0.4, 0.5) is 22.1 Å². The molecule has 30 heavy (non-hydrogen) atoms. The number of amides is 1. The van der Waals surface area contributed by atoms with E-state index in [1.807, 2.05) is 20.8 Å². The van der Waals surface area contributed by atoms with E-state index in [-0.39, 0.29) is 6.61 Å². The Morgan fingerprint density at radius 2 is 1.90 bits per heavy atom. The number of anilines is 3. The number of hydrogen-bond acceptors (Lipinski definition) is 7. The van der Waals surface area contributed by atoms with Crippen LogP contribution in [0.15, 0.2) is 22.9 Å². The lowest BCUT2D eigenvalue weighted by Crippen LogP contribution is -2.38. The third-order valence-corrected chi connectivity index (χ3v) is 5.33. The highest BCUT2D eigenvalue weighted by Gasteiger charge is 2.35. The minimum atomic E-state index is -0.694. The first-order valence-corrected chi connectivity index (χ1v) is 10.7. The number of benzene rings is 1. The smallest absolute Gasteiger partial charge is 0.420 e. The molecule has 0 spiro atoms. The standard InChI is InChI=1S/C20H22BrClN4O4/c1-20(2,3)30-19(27)26-15-9-12(21)8-14(22)16(15)29-10-13-17(23-11-24-18(13)26)25-4-6-28-7-5-25/h8-9,11H,4-7,10H2,1-3H3. The number of hydrogen-bond donors (Lipinski definition) is 0. The SMILES string of the molecule is CC(C)(C)OC(=O)N1c2cc(Br)cc(Cl)c2OCc2c(N3CCOCC3)ncnc21. The summed E-state index contributed by atoms with van der Waals surface area (Å²) < 4.78 is 17.9. The number of ether oxygens (including phenoxy) is 3. The van der Waals surface area contributed by atoms with E-state index in [4.69, 9.17) is 25.8 Å². The van der Waals surface area contributed by atoms with Gasteiger partial charge in [0.2, 0.25) is 0 Å². The molecule has 1 aromatic heterocycles. The second-order valence-corrected chi connectivity index (χ2v) is 9.26. The number of morpholine rings is 1. The summed E-state index contributed by atoms with van der Waals surface area (Å²) in [6.07, 6.45) is 0.877. The predicted molar refractivity (Wildman–Crippen MR) is 117 cm³/mol. The highest BCUT2D eigenvalue weighted by Crippen LogP contribution is 2.46. The molecule has 0 radical (unpaired) electrons. The van der Waals surface area contributed by atoms with E-state index < -0.39 is 11.7 Å². The Balaban J connectivity index is 1.88. The molecule has 1 saturated heterocycles. The van der Waals surface area contributed by atoms with Gasteiger partial charge in [0, 0.05) is 17.6 Å². The Labute approximate surface area is 188 Å². The first kappa shape index (κ1) is 21.1. The molecule has 4 rings (SSSR count). The summed E-state index contributed by atoms with van der Waals surface area (Å²) in [5.41, 5.74) is 0.447. The number of fused-ring (bicyclic) bond motifs is 2. The maximum Gasteiger partial charge on any atom is 0.420 e. The lowest BCUT2D eigenvalue weighted by molar-refractivity contribution is 0.0598.